The number of amides is 6. The number of β-lactam (4-membered cyclic amide) rings is 2. The van der Waals surface area contributed by atoms with E-state index in [0.29, 0.717) is 11.1 Å². The van der Waals surface area contributed by atoms with Crippen molar-refractivity contribution in [2.75, 3.05) is 11.5 Å². The molecule has 2 saturated heterocycles. The summed E-state index contributed by atoms with van der Waals surface area (Å²) in [6, 6.07) is 17.6. The second-order valence-electron chi connectivity index (χ2n) is 16.1. The van der Waals surface area contributed by atoms with Gasteiger partial charge in [-0.3, -0.25) is 43.1 Å². The van der Waals surface area contributed by atoms with Gasteiger partial charge in [-0.15, -0.1) is 23.5 Å². The molecule has 0 saturated carbocycles. The van der Waals surface area contributed by atoms with Gasteiger partial charge in [0.25, 0.3) is 21.9 Å². The number of aliphatic carboxylic acids is 2. The zero-order valence-corrected chi connectivity index (χ0v) is 43.2. The average molecular weight is 1090 g/mol. The first kappa shape index (κ1) is 55.8. The number of carbonyl (C=O) groups is 8. The Morgan fingerprint density at radius 2 is 0.973 bits per heavy atom. The maximum atomic E-state index is 12.9. The third kappa shape index (κ3) is 12.1. The Morgan fingerprint density at radius 3 is 1.29 bits per heavy atom. The molecule has 0 aliphatic carbocycles. The molecule has 0 bridgehead atoms. The molecular weight excluding hydrogens is 1050 g/mol. The van der Waals surface area contributed by atoms with Crippen LogP contribution in [0.15, 0.2) is 132 Å². The van der Waals surface area contributed by atoms with Gasteiger partial charge in [0.1, 0.15) is 44.3 Å². The Balaban J connectivity index is 0.000000235. The molecule has 4 aliphatic rings. The van der Waals surface area contributed by atoms with Crippen molar-refractivity contribution >= 4 is 91.1 Å². The van der Waals surface area contributed by atoms with E-state index in [0.717, 1.165) is 34.1 Å². The van der Waals surface area contributed by atoms with E-state index in [1.165, 1.54) is 47.8 Å². The minimum atomic E-state index is -5.21. The number of hydrogen-bond donors (Lipinski definition) is 7. The van der Waals surface area contributed by atoms with Gasteiger partial charge in [0.05, 0.1) is 0 Å². The molecule has 4 aromatic rings. The van der Waals surface area contributed by atoms with Crippen LogP contribution in [0.1, 0.15) is 42.3 Å². The molecule has 73 heavy (non-hydrogen) atoms. The number of rotatable bonds is 16. The standard InChI is InChI=1S/2C22H20N4O8S2.Na/c2*23-18(27)13-6-4-12(5-7-13)17(36(32,33)34)19(28)24-15-20(29)26-16(22(30)31)14(11-35-21(15)26)10-25-8-2-1-3-9-25;/h2*1-9,15,17,21H,10-11H2,(H4-,23,24,27,28,30,31,32,33,34);/q;;+1/p+1/t2*15-,17?,21-;/m11./s1. The number of aromatic nitrogens is 2. The zero-order chi connectivity index (χ0) is 52.4. The van der Waals surface area contributed by atoms with Crippen LogP contribution in [0.3, 0.4) is 0 Å². The fraction of sp³-hybridized carbons (Fsp3) is 0.227. The molecule has 29 heteroatoms. The summed E-state index contributed by atoms with van der Waals surface area (Å²) < 4.78 is 73.0. The normalized spacial score (nSPS) is 20.0. The number of hydrogen-bond acceptors (Lipinski definition) is 15. The van der Waals surface area contributed by atoms with E-state index in [1.54, 1.807) is 58.2 Å². The largest absolute Gasteiger partial charge is 1.00 e. The third-order valence-corrected chi connectivity index (χ3v) is 16.3. The molecule has 6 atom stereocenters. The molecule has 9 N–H and O–H groups in total. The number of carboxylic acids is 2. The fourth-order valence-corrected chi connectivity index (χ4v) is 12.5. The second kappa shape index (κ2) is 22.7. The van der Waals surface area contributed by atoms with Crippen LogP contribution in [-0.2, 0) is 62.1 Å². The molecular formula is C44H41N8NaO16S4+2. The average Bonchev–Trinajstić information content (AvgIpc) is 3.32. The minimum Gasteiger partial charge on any atom is -0.747 e. The number of pyridine rings is 2. The number of nitrogens with two attached hydrogens (primary N) is 2. The van der Waals surface area contributed by atoms with E-state index in [-0.39, 0.29) is 87.8 Å². The first-order valence-electron chi connectivity index (χ1n) is 21.0. The summed E-state index contributed by atoms with van der Waals surface area (Å²) >= 11 is 2.44. The summed E-state index contributed by atoms with van der Waals surface area (Å²) in [6.45, 7) is 0.482. The molecule has 6 amide bonds. The summed E-state index contributed by atoms with van der Waals surface area (Å²) in [7, 11) is -10.2. The Morgan fingerprint density at radius 1 is 0.630 bits per heavy atom. The zero-order valence-electron chi connectivity index (χ0n) is 37.9. The molecule has 2 fully saturated rings. The van der Waals surface area contributed by atoms with Crippen molar-refractivity contribution in [1.82, 2.24) is 20.4 Å². The van der Waals surface area contributed by atoms with E-state index in [4.69, 9.17) is 11.5 Å². The fourth-order valence-electron chi connectivity index (χ4n) is 8.14. The van der Waals surface area contributed by atoms with Gasteiger partial charge in [0, 0.05) is 58.0 Å². The smallest absolute Gasteiger partial charge is 0.747 e. The predicted octanol–water partition coefficient (Wildman–Crippen LogP) is -4.46. The van der Waals surface area contributed by atoms with Crippen LogP contribution in [0.25, 0.3) is 0 Å². The molecule has 6 heterocycles. The van der Waals surface area contributed by atoms with Crippen molar-refractivity contribution in [2.45, 2.75) is 46.4 Å². The van der Waals surface area contributed by atoms with Crippen LogP contribution in [0.2, 0.25) is 0 Å². The summed E-state index contributed by atoms with van der Waals surface area (Å²) in [6.07, 6.45) is 7.03. The maximum absolute atomic E-state index is 12.9. The quantitative estimate of drug-likeness (QED) is 0.0241. The van der Waals surface area contributed by atoms with Crippen molar-refractivity contribution in [3.05, 3.63) is 155 Å². The van der Waals surface area contributed by atoms with Crippen LogP contribution in [0.5, 0.6) is 0 Å². The minimum absolute atomic E-state index is 0. The second-order valence-corrected chi connectivity index (χ2v) is 21.3. The maximum Gasteiger partial charge on any atom is 1.00 e. The van der Waals surface area contributed by atoms with Gasteiger partial charge in [-0.05, 0) is 35.4 Å². The SMILES string of the molecule is NC(=O)c1ccc(C(C(=O)N[C@@H]2C(=O)N3C(C(=O)O)=C(C[n+]4ccccc4)CS[C@H]23)S(=O)(=O)O)cc1.NC(=O)c1ccc(C(C(=O)N[C@@H]2C(=O)N3C(C(=O)O)=C(C[n+]4ccccc4)CS[C@H]23)S(=O)(=O)[O-])cc1.[Na+]. The van der Waals surface area contributed by atoms with Crippen molar-refractivity contribution < 1.29 is 113 Å². The molecule has 2 unspecified atom stereocenters. The summed E-state index contributed by atoms with van der Waals surface area (Å²) in [4.78, 5) is 100. The first-order valence-corrected chi connectivity index (χ1v) is 26.0. The summed E-state index contributed by atoms with van der Waals surface area (Å²) in [5.41, 5.74) is 10.7. The van der Waals surface area contributed by atoms with Gasteiger partial charge in [-0.25, -0.2) is 27.1 Å². The number of thioether (sulfide) groups is 2. The number of nitrogens with zero attached hydrogens (tertiary/aromatic N) is 4. The van der Waals surface area contributed by atoms with Crippen LogP contribution < -0.4 is 60.8 Å². The number of fused-ring (bicyclic) bond motifs is 2. The molecule has 2 aromatic heterocycles. The van der Waals surface area contributed by atoms with Gasteiger partial charge in [-0.1, -0.05) is 36.4 Å². The van der Waals surface area contributed by atoms with E-state index in [1.807, 2.05) is 12.1 Å². The predicted molar refractivity (Wildman–Crippen MR) is 249 cm³/mol. The molecule has 24 nitrogen and oxygen atoms in total. The molecule has 0 radical (unpaired) electrons. The van der Waals surface area contributed by atoms with E-state index in [2.05, 4.69) is 10.6 Å². The number of carboxylic acid groups (broad SMARTS) is 2. The van der Waals surface area contributed by atoms with E-state index >= 15 is 0 Å². The van der Waals surface area contributed by atoms with E-state index in [9.17, 15) is 74.5 Å². The topological polar surface area (TPSA) is 379 Å². The Bertz CT molecular complexity index is 2970. The van der Waals surface area contributed by atoms with Gasteiger partial charge >= 0.3 is 41.5 Å². The summed E-state index contributed by atoms with van der Waals surface area (Å²) in [5.74, 6) is -7.49. The van der Waals surface area contributed by atoms with Crippen molar-refractivity contribution in [3.8, 4) is 0 Å². The molecule has 376 valence electrons. The number of benzene rings is 2. The molecule has 0 spiro atoms. The molecule has 8 rings (SSSR count). The summed E-state index contributed by atoms with van der Waals surface area (Å²) in [5, 5.41) is 18.4. The van der Waals surface area contributed by atoms with Crippen LogP contribution in [0, 0.1) is 0 Å². The van der Waals surface area contributed by atoms with E-state index < -0.39 is 101 Å². The van der Waals surface area contributed by atoms with Gasteiger partial charge in [0.2, 0.25) is 23.6 Å². The number of carbonyl (C=O) groups excluding carboxylic acids is 6. The van der Waals surface area contributed by atoms with Crippen molar-refractivity contribution in [2.24, 2.45) is 11.5 Å². The van der Waals surface area contributed by atoms with Gasteiger partial charge < -0.3 is 36.9 Å². The number of primary amides is 2. The van der Waals surface area contributed by atoms with Crippen LogP contribution in [0.4, 0.5) is 0 Å². The van der Waals surface area contributed by atoms with Crippen LogP contribution in [-0.4, -0.2) is 128 Å². The van der Waals surface area contributed by atoms with Gasteiger partial charge in [-0.2, -0.15) is 8.42 Å². The van der Waals surface area contributed by atoms with Crippen molar-refractivity contribution in [3.63, 3.8) is 0 Å². The Kier molecular flexibility index (Phi) is 17.4. The Labute approximate surface area is 445 Å². The molecule has 2 aromatic carbocycles. The van der Waals surface area contributed by atoms with Crippen LogP contribution >= 0.6 is 23.5 Å². The first-order chi connectivity index (χ1) is 34.0. The van der Waals surface area contributed by atoms with Gasteiger partial charge in [0.15, 0.2) is 48.4 Å². The molecule has 4 aliphatic heterocycles. The number of nitrogens with one attached hydrogen (secondary N) is 2. The Hall–Kier alpha value is -6.50. The monoisotopic (exact) mass is 1090 g/mol. The van der Waals surface area contributed by atoms with Crippen molar-refractivity contribution in [1.29, 1.82) is 0 Å². The third-order valence-electron chi connectivity index (χ3n) is 11.5.